The highest BCUT2D eigenvalue weighted by molar-refractivity contribution is 7.07. The van der Waals surface area contributed by atoms with Crippen LogP contribution in [0.4, 0.5) is 0 Å². The number of benzene rings is 1. The van der Waals surface area contributed by atoms with Crippen molar-refractivity contribution < 1.29 is 14.4 Å². The van der Waals surface area contributed by atoms with Crippen molar-refractivity contribution >= 4 is 40.7 Å². The number of likely N-dealkylation sites (tertiary alicyclic amines) is 1. The number of halogens is 1. The van der Waals surface area contributed by atoms with Crippen molar-refractivity contribution in [2.45, 2.75) is 25.8 Å². The van der Waals surface area contributed by atoms with Gasteiger partial charge in [0.15, 0.2) is 4.80 Å². The van der Waals surface area contributed by atoms with Crippen LogP contribution in [0.3, 0.4) is 0 Å². The third-order valence-corrected chi connectivity index (χ3v) is 5.05. The van der Waals surface area contributed by atoms with Crippen molar-refractivity contribution in [2.24, 2.45) is 4.99 Å². The molecule has 130 valence electrons. The summed E-state index contributed by atoms with van der Waals surface area (Å²) in [6, 6.07) is 7.50. The molecule has 1 aromatic carbocycles. The molecule has 1 fully saturated rings. The number of thiazole rings is 1. The quantitative estimate of drug-likeness (QED) is 0.750. The van der Waals surface area contributed by atoms with Gasteiger partial charge >= 0.3 is 0 Å². The average molecular weight is 378 g/mol. The molecule has 0 aliphatic carbocycles. The summed E-state index contributed by atoms with van der Waals surface area (Å²) < 4.78 is 1.84. The van der Waals surface area contributed by atoms with Crippen molar-refractivity contribution in [1.82, 2.24) is 9.47 Å². The highest BCUT2D eigenvalue weighted by Crippen LogP contribution is 2.16. The summed E-state index contributed by atoms with van der Waals surface area (Å²) in [4.78, 5) is 41.0. The first kappa shape index (κ1) is 17.6. The van der Waals surface area contributed by atoms with Gasteiger partial charge in [0.1, 0.15) is 0 Å². The Balaban J connectivity index is 1.69. The van der Waals surface area contributed by atoms with E-state index in [9.17, 15) is 14.4 Å². The fourth-order valence-electron chi connectivity index (χ4n) is 2.56. The molecule has 8 heteroatoms. The summed E-state index contributed by atoms with van der Waals surface area (Å²) in [5.41, 5.74) is 0.935. The summed E-state index contributed by atoms with van der Waals surface area (Å²) in [7, 11) is 0. The number of carbonyl (C=O) groups is 3. The van der Waals surface area contributed by atoms with Gasteiger partial charge in [-0.2, -0.15) is 4.99 Å². The van der Waals surface area contributed by atoms with Crippen molar-refractivity contribution in [1.29, 1.82) is 0 Å². The SMILES string of the molecule is O=C(CCN1C(=O)CCC1=O)N=c1sccn1Cc1ccccc1Cl. The number of nitrogens with zero attached hydrogens (tertiary/aromatic N) is 3. The monoisotopic (exact) mass is 377 g/mol. The molecular formula is C17H16ClN3O3S. The van der Waals surface area contributed by atoms with Crippen LogP contribution in [0.15, 0.2) is 40.8 Å². The van der Waals surface area contributed by atoms with Crippen LogP contribution in [-0.4, -0.2) is 33.7 Å². The Morgan fingerprint density at radius 1 is 1.20 bits per heavy atom. The van der Waals surface area contributed by atoms with Crippen LogP contribution < -0.4 is 4.80 Å². The Kier molecular flexibility index (Phi) is 5.45. The molecule has 0 atom stereocenters. The van der Waals surface area contributed by atoms with E-state index in [4.69, 9.17) is 11.6 Å². The molecule has 3 rings (SSSR count). The number of hydrogen-bond acceptors (Lipinski definition) is 4. The van der Waals surface area contributed by atoms with E-state index in [0.29, 0.717) is 16.4 Å². The second-order valence-corrected chi connectivity index (χ2v) is 6.88. The van der Waals surface area contributed by atoms with E-state index in [1.54, 1.807) is 0 Å². The van der Waals surface area contributed by atoms with E-state index in [0.717, 1.165) is 10.5 Å². The molecular weight excluding hydrogens is 362 g/mol. The fraction of sp³-hybridized carbons (Fsp3) is 0.294. The second kappa shape index (κ2) is 7.76. The Hall–Kier alpha value is -2.25. The lowest BCUT2D eigenvalue weighted by Gasteiger charge is -2.11. The van der Waals surface area contributed by atoms with E-state index in [1.165, 1.54) is 11.3 Å². The van der Waals surface area contributed by atoms with Gasteiger partial charge < -0.3 is 4.57 Å². The molecule has 0 radical (unpaired) electrons. The summed E-state index contributed by atoms with van der Waals surface area (Å²) in [6.07, 6.45) is 2.33. The van der Waals surface area contributed by atoms with E-state index in [2.05, 4.69) is 4.99 Å². The molecule has 25 heavy (non-hydrogen) atoms. The van der Waals surface area contributed by atoms with Crippen molar-refractivity contribution in [3.8, 4) is 0 Å². The Morgan fingerprint density at radius 2 is 1.92 bits per heavy atom. The molecule has 1 aromatic heterocycles. The van der Waals surface area contributed by atoms with Crippen LogP contribution in [0.5, 0.6) is 0 Å². The summed E-state index contributed by atoms with van der Waals surface area (Å²) in [5, 5.41) is 2.50. The maximum atomic E-state index is 12.1. The van der Waals surface area contributed by atoms with Gasteiger partial charge in [-0.1, -0.05) is 29.8 Å². The molecule has 0 unspecified atom stereocenters. The number of imide groups is 1. The molecule has 1 aliphatic rings. The van der Waals surface area contributed by atoms with Gasteiger partial charge in [-0.25, -0.2) is 0 Å². The third-order valence-electron chi connectivity index (χ3n) is 3.88. The van der Waals surface area contributed by atoms with Gasteiger partial charge in [-0.05, 0) is 11.6 Å². The minimum atomic E-state index is -0.358. The largest absolute Gasteiger partial charge is 0.319 e. The lowest BCUT2D eigenvalue weighted by atomic mass is 10.2. The second-order valence-electron chi connectivity index (χ2n) is 5.60. The van der Waals surface area contributed by atoms with Crippen LogP contribution in [0, 0.1) is 0 Å². The van der Waals surface area contributed by atoms with Crippen LogP contribution in [0.25, 0.3) is 0 Å². The minimum Gasteiger partial charge on any atom is -0.319 e. The highest BCUT2D eigenvalue weighted by Gasteiger charge is 2.28. The lowest BCUT2D eigenvalue weighted by Crippen LogP contribution is -2.31. The first-order valence-corrected chi connectivity index (χ1v) is 9.08. The van der Waals surface area contributed by atoms with E-state index >= 15 is 0 Å². The zero-order chi connectivity index (χ0) is 17.8. The molecule has 1 aliphatic heterocycles. The molecule has 1 saturated heterocycles. The minimum absolute atomic E-state index is 0.0292. The molecule has 0 N–H and O–H groups in total. The molecule has 2 aromatic rings. The van der Waals surface area contributed by atoms with Gasteiger partial charge in [-0.3, -0.25) is 19.3 Å². The summed E-state index contributed by atoms with van der Waals surface area (Å²) >= 11 is 7.52. The number of carbonyl (C=O) groups excluding carboxylic acids is 3. The number of amides is 3. The summed E-state index contributed by atoms with van der Waals surface area (Å²) in [6.45, 7) is 0.605. The first-order valence-electron chi connectivity index (χ1n) is 7.82. The number of aromatic nitrogens is 1. The third kappa shape index (κ3) is 4.24. The summed E-state index contributed by atoms with van der Waals surface area (Å²) in [5.74, 6) is -0.798. The van der Waals surface area contributed by atoms with Crippen LogP contribution in [0.2, 0.25) is 5.02 Å². The number of rotatable bonds is 5. The maximum absolute atomic E-state index is 12.1. The first-order chi connectivity index (χ1) is 12.0. The van der Waals surface area contributed by atoms with Gasteiger partial charge in [0, 0.05) is 42.4 Å². The van der Waals surface area contributed by atoms with Crippen molar-refractivity contribution in [3.05, 3.63) is 51.2 Å². The number of hydrogen-bond donors (Lipinski definition) is 0. The zero-order valence-corrected chi connectivity index (χ0v) is 14.9. The molecule has 2 heterocycles. The molecule has 3 amide bonds. The molecule has 0 spiro atoms. The predicted octanol–water partition coefficient (Wildman–Crippen LogP) is 2.22. The molecule has 0 bridgehead atoms. The predicted molar refractivity (Wildman–Crippen MR) is 94.0 cm³/mol. The highest BCUT2D eigenvalue weighted by atomic mass is 35.5. The smallest absolute Gasteiger partial charge is 0.250 e. The Bertz CT molecular complexity index is 871. The van der Waals surface area contributed by atoms with Crippen molar-refractivity contribution in [2.75, 3.05) is 6.54 Å². The van der Waals surface area contributed by atoms with Gasteiger partial charge in [0.05, 0.1) is 6.54 Å². The van der Waals surface area contributed by atoms with Gasteiger partial charge in [0.25, 0.3) is 0 Å². The standard InChI is InChI=1S/C17H16ClN3O3S/c18-13-4-2-1-3-12(13)11-20-9-10-25-17(20)19-14(22)7-8-21-15(23)5-6-16(21)24/h1-4,9-10H,5-8,11H2. The van der Waals surface area contributed by atoms with Crippen LogP contribution >= 0.6 is 22.9 Å². The average Bonchev–Trinajstić information content (AvgIpc) is 3.15. The van der Waals surface area contributed by atoms with Crippen LogP contribution in [0.1, 0.15) is 24.8 Å². The zero-order valence-electron chi connectivity index (χ0n) is 13.4. The van der Waals surface area contributed by atoms with Crippen LogP contribution in [-0.2, 0) is 20.9 Å². The fourth-order valence-corrected chi connectivity index (χ4v) is 3.50. The lowest BCUT2D eigenvalue weighted by molar-refractivity contribution is -0.138. The Labute approximate surface area is 153 Å². The topological polar surface area (TPSA) is 71.7 Å². The normalized spacial score (nSPS) is 15.2. The Morgan fingerprint density at radius 3 is 2.64 bits per heavy atom. The van der Waals surface area contributed by atoms with Crippen molar-refractivity contribution in [3.63, 3.8) is 0 Å². The van der Waals surface area contributed by atoms with E-state index in [-0.39, 0.29) is 43.5 Å². The van der Waals surface area contributed by atoms with E-state index in [1.807, 2.05) is 40.4 Å². The molecule has 6 nitrogen and oxygen atoms in total. The maximum Gasteiger partial charge on any atom is 0.250 e. The van der Waals surface area contributed by atoms with Gasteiger partial charge in [-0.15, -0.1) is 11.3 Å². The van der Waals surface area contributed by atoms with E-state index < -0.39 is 0 Å². The molecule has 0 saturated carbocycles. The van der Waals surface area contributed by atoms with Gasteiger partial charge in [0.2, 0.25) is 17.7 Å².